The van der Waals surface area contributed by atoms with Crippen LogP contribution in [0.4, 0.5) is 10.5 Å². The lowest BCUT2D eigenvalue weighted by Crippen LogP contribution is -2.37. The Morgan fingerprint density at radius 3 is 2.92 bits per heavy atom. The lowest BCUT2D eigenvalue weighted by molar-refractivity contribution is 0.254. The van der Waals surface area contributed by atoms with E-state index >= 15 is 0 Å². The Morgan fingerprint density at radius 2 is 2.46 bits per heavy atom. The summed E-state index contributed by atoms with van der Waals surface area (Å²) in [7, 11) is 0. The summed E-state index contributed by atoms with van der Waals surface area (Å²) in [4.78, 5) is 16.2. The second kappa shape index (κ2) is 4.67. The molecule has 0 aliphatic rings. The summed E-state index contributed by atoms with van der Waals surface area (Å²) in [6, 6.07) is 2.97. The molecule has 70 valence electrons. The number of rotatable bonds is 3. The number of carbonyl (C=O) groups is 1. The van der Waals surface area contributed by atoms with E-state index in [0.29, 0.717) is 18.1 Å². The molecule has 0 atom stereocenters. The van der Waals surface area contributed by atoms with Gasteiger partial charge in [0, 0.05) is 18.6 Å². The minimum atomic E-state index is -0.520. The number of urea groups is 1. The molecule has 1 aromatic rings. The van der Waals surface area contributed by atoms with Crippen LogP contribution in [0, 0.1) is 0 Å². The largest absolute Gasteiger partial charge is 0.351 e. The lowest BCUT2D eigenvalue weighted by atomic mass is 10.4. The Kier molecular flexibility index (Phi) is 3.52. The average molecular weight is 200 g/mol. The van der Waals surface area contributed by atoms with Crippen LogP contribution >= 0.6 is 11.6 Å². The second-order valence-electron chi connectivity index (χ2n) is 2.39. The monoisotopic (exact) mass is 199 g/mol. The molecule has 0 saturated carbocycles. The molecular weight excluding hydrogens is 190 g/mol. The highest BCUT2D eigenvalue weighted by Crippen LogP contribution is 2.10. The highest BCUT2D eigenvalue weighted by Gasteiger charge is 2.10. The van der Waals surface area contributed by atoms with E-state index in [0.717, 1.165) is 0 Å². The third-order valence-electron chi connectivity index (χ3n) is 1.53. The molecule has 5 heteroatoms. The predicted molar refractivity (Wildman–Crippen MR) is 51.9 cm³/mol. The summed E-state index contributed by atoms with van der Waals surface area (Å²) in [5.41, 5.74) is 5.82. The zero-order valence-corrected chi connectivity index (χ0v) is 7.74. The molecule has 0 aliphatic carbocycles. The van der Waals surface area contributed by atoms with Crippen LogP contribution < -0.4 is 10.6 Å². The van der Waals surface area contributed by atoms with Gasteiger partial charge in [-0.1, -0.05) is 0 Å². The highest BCUT2D eigenvalue weighted by atomic mass is 35.5. The number of nitrogens with zero attached hydrogens (tertiary/aromatic N) is 2. The first-order valence-corrected chi connectivity index (χ1v) is 4.32. The number of alkyl halides is 1. The summed E-state index contributed by atoms with van der Waals surface area (Å²) >= 11 is 5.52. The van der Waals surface area contributed by atoms with E-state index < -0.39 is 6.03 Å². The first-order chi connectivity index (χ1) is 6.25. The molecule has 0 aromatic carbocycles. The molecule has 2 amide bonds. The normalized spacial score (nSPS) is 9.62. The molecule has 0 radical (unpaired) electrons. The van der Waals surface area contributed by atoms with E-state index in [1.54, 1.807) is 24.5 Å². The third kappa shape index (κ3) is 2.59. The van der Waals surface area contributed by atoms with Gasteiger partial charge >= 0.3 is 6.03 Å². The van der Waals surface area contributed by atoms with Crippen molar-refractivity contribution in [2.24, 2.45) is 5.73 Å². The molecule has 0 spiro atoms. The van der Waals surface area contributed by atoms with E-state index in [-0.39, 0.29) is 0 Å². The Balaban J connectivity index is 2.82. The van der Waals surface area contributed by atoms with Crippen LogP contribution in [-0.2, 0) is 0 Å². The first-order valence-electron chi connectivity index (χ1n) is 3.78. The zero-order chi connectivity index (χ0) is 9.68. The van der Waals surface area contributed by atoms with E-state index in [9.17, 15) is 4.79 Å². The predicted octanol–water partition coefficient (Wildman–Crippen LogP) is 1.21. The van der Waals surface area contributed by atoms with Crippen molar-refractivity contribution in [3.8, 4) is 0 Å². The van der Waals surface area contributed by atoms with Gasteiger partial charge in [-0.25, -0.2) is 4.79 Å². The van der Waals surface area contributed by atoms with Gasteiger partial charge in [0.05, 0.1) is 11.9 Å². The highest BCUT2D eigenvalue weighted by molar-refractivity contribution is 6.18. The van der Waals surface area contributed by atoms with Gasteiger partial charge in [0.2, 0.25) is 0 Å². The maximum atomic E-state index is 11.0. The van der Waals surface area contributed by atoms with Crippen molar-refractivity contribution in [1.29, 1.82) is 0 Å². The Hall–Kier alpha value is -1.29. The molecular formula is C8H10ClN3O. The van der Waals surface area contributed by atoms with E-state index in [2.05, 4.69) is 4.98 Å². The fourth-order valence-electron chi connectivity index (χ4n) is 0.964. The minimum Gasteiger partial charge on any atom is -0.351 e. The molecule has 0 fully saturated rings. The molecule has 1 heterocycles. The van der Waals surface area contributed by atoms with E-state index in [1.165, 1.54) is 4.90 Å². The lowest BCUT2D eigenvalue weighted by Gasteiger charge is -2.18. The first kappa shape index (κ1) is 9.80. The number of carbonyl (C=O) groups excluding carboxylic acids is 1. The van der Waals surface area contributed by atoms with Crippen molar-refractivity contribution in [2.45, 2.75) is 0 Å². The van der Waals surface area contributed by atoms with Crippen LogP contribution in [0.1, 0.15) is 0 Å². The smallest absolute Gasteiger partial charge is 0.319 e. The molecule has 4 nitrogen and oxygen atoms in total. The number of pyridine rings is 1. The Labute approximate surface area is 81.3 Å². The second-order valence-corrected chi connectivity index (χ2v) is 2.77. The van der Waals surface area contributed by atoms with Crippen molar-refractivity contribution in [2.75, 3.05) is 17.3 Å². The minimum absolute atomic E-state index is 0.345. The average Bonchev–Trinajstić information content (AvgIpc) is 2.15. The van der Waals surface area contributed by atoms with Crippen LogP contribution in [0.3, 0.4) is 0 Å². The Bertz CT molecular complexity index is 278. The van der Waals surface area contributed by atoms with Crippen LogP contribution in [-0.4, -0.2) is 23.4 Å². The molecule has 2 N–H and O–H groups in total. The topological polar surface area (TPSA) is 59.2 Å². The van der Waals surface area contributed by atoms with Crippen LogP contribution in [0.2, 0.25) is 0 Å². The molecule has 0 bridgehead atoms. The number of nitrogens with two attached hydrogens (primary N) is 1. The number of amides is 2. The van der Waals surface area contributed by atoms with Gasteiger partial charge in [-0.2, -0.15) is 0 Å². The van der Waals surface area contributed by atoms with Crippen LogP contribution in [0.25, 0.3) is 0 Å². The van der Waals surface area contributed by atoms with Gasteiger partial charge in [-0.15, -0.1) is 11.6 Å². The quantitative estimate of drug-likeness (QED) is 0.744. The maximum Gasteiger partial charge on any atom is 0.319 e. The molecule has 1 aromatic heterocycles. The fraction of sp³-hybridized carbons (Fsp3) is 0.250. The standard InChI is InChI=1S/C8H10ClN3O/c9-3-5-12(8(10)13)7-2-1-4-11-6-7/h1-2,4,6H,3,5H2,(H2,10,13). The van der Waals surface area contributed by atoms with Crippen LogP contribution in [0.15, 0.2) is 24.5 Å². The number of hydrogen-bond donors (Lipinski definition) is 1. The summed E-state index contributed by atoms with van der Waals surface area (Å²) in [6.07, 6.45) is 3.20. The fourth-order valence-corrected chi connectivity index (χ4v) is 1.13. The zero-order valence-electron chi connectivity index (χ0n) is 6.98. The van der Waals surface area contributed by atoms with Crippen molar-refractivity contribution in [3.05, 3.63) is 24.5 Å². The van der Waals surface area contributed by atoms with Gasteiger partial charge in [0.15, 0.2) is 0 Å². The maximum absolute atomic E-state index is 11.0. The molecule has 0 unspecified atom stereocenters. The van der Waals surface area contributed by atoms with Gasteiger partial charge in [-0.3, -0.25) is 9.88 Å². The molecule has 0 aliphatic heterocycles. The molecule has 13 heavy (non-hydrogen) atoms. The van der Waals surface area contributed by atoms with Crippen LogP contribution in [0.5, 0.6) is 0 Å². The number of hydrogen-bond acceptors (Lipinski definition) is 2. The number of anilines is 1. The molecule has 1 rings (SSSR count). The number of primary amides is 1. The summed E-state index contributed by atoms with van der Waals surface area (Å²) in [6.45, 7) is 0.391. The van der Waals surface area contributed by atoms with Crippen molar-refractivity contribution >= 4 is 23.3 Å². The van der Waals surface area contributed by atoms with Gasteiger partial charge in [0.25, 0.3) is 0 Å². The van der Waals surface area contributed by atoms with Gasteiger partial charge in [0.1, 0.15) is 0 Å². The Morgan fingerprint density at radius 1 is 1.69 bits per heavy atom. The van der Waals surface area contributed by atoms with Crippen molar-refractivity contribution in [1.82, 2.24) is 4.98 Å². The van der Waals surface area contributed by atoms with Crippen molar-refractivity contribution in [3.63, 3.8) is 0 Å². The van der Waals surface area contributed by atoms with Crippen molar-refractivity contribution < 1.29 is 4.79 Å². The van der Waals surface area contributed by atoms with E-state index in [1.807, 2.05) is 0 Å². The summed E-state index contributed by atoms with van der Waals surface area (Å²) in [5.74, 6) is 0.345. The van der Waals surface area contributed by atoms with E-state index in [4.69, 9.17) is 17.3 Å². The molecule has 0 saturated heterocycles. The number of halogens is 1. The van der Waals surface area contributed by atoms with Gasteiger partial charge < -0.3 is 5.73 Å². The summed E-state index contributed by atoms with van der Waals surface area (Å²) < 4.78 is 0. The third-order valence-corrected chi connectivity index (χ3v) is 1.70. The SMILES string of the molecule is NC(=O)N(CCCl)c1cccnc1. The van der Waals surface area contributed by atoms with Gasteiger partial charge in [-0.05, 0) is 12.1 Å². The summed E-state index contributed by atoms with van der Waals surface area (Å²) in [5, 5.41) is 0. The number of aromatic nitrogens is 1.